The Kier molecular flexibility index (Phi) is 64.4. The van der Waals surface area contributed by atoms with Gasteiger partial charge in [0.05, 0.1) is 25.4 Å². The predicted octanol–water partition coefficient (Wildman–Crippen LogP) is 22.1. The summed E-state index contributed by atoms with van der Waals surface area (Å²) in [6.07, 6.45) is 82.3. The molecule has 0 spiro atoms. The minimum Gasteiger partial charge on any atom is -0.466 e. The summed E-state index contributed by atoms with van der Waals surface area (Å²) in [6, 6.07) is -0.539. The maximum Gasteiger partial charge on any atom is 0.305 e. The Balaban J connectivity index is 3.35. The molecule has 2 unspecified atom stereocenters. The minimum absolute atomic E-state index is 0.00850. The van der Waals surface area contributed by atoms with E-state index in [1.165, 1.54) is 308 Å². The van der Waals surface area contributed by atoms with Gasteiger partial charge in [-0.3, -0.25) is 9.59 Å². The Labute approximate surface area is 475 Å². The molecule has 6 nitrogen and oxygen atoms in total. The number of carbonyl (C=O) groups excluding carboxylic acids is 2. The van der Waals surface area contributed by atoms with E-state index >= 15 is 0 Å². The Morgan fingerprint density at radius 2 is 0.618 bits per heavy atom. The molecule has 0 heterocycles. The average molecular weight is 1070 g/mol. The highest BCUT2D eigenvalue weighted by Gasteiger charge is 2.20. The Hall–Kier alpha value is -1.66. The zero-order valence-electron chi connectivity index (χ0n) is 51.5. The van der Waals surface area contributed by atoms with Crippen LogP contribution in [-0.2, 0) is 14.3 Å². The van der Waals surface area contributed by atoms with Crippen molar-refractivity contribution in [3.8, 4) is 0 Å². The molecule has 0 aromatic carbocycles. The third kappa shape index (κ3) is 61.6. The second kappa shape index (κ2) is 65.9. The van der Waals surface area contributed by atoms with Crippen LogP contribution in [0.2, 0.25) is 0 Å². The lowest BCUT2D eigenvalue weighted by Gasteiger charge is -2.22. The monoisotopic (exact) mass is 1070 g/mol. The van der Waals surface area contributed by atoms with Gasteiger partial charge in [0.1, 0.15) is 0 Å². The number of esters is 1. The van der Waals surface area contributed by atoms with Crippen molar-refractivity contribution in [1.82, 2.24) is 5.32 Å². The van der Waals surface area contributed by atoms with Crippen molar-refractivity contribution >= 4 is 11.9 Å². The van der Waals surface area contributed by atoms with Crippen molar-refractivity contribution in [1.29, 1.82) is 0 Å². The third-order valence-electron chi connectivity index (χ3n) is 16.2. The molecule has 3 N–H and O–H groups in total. The summed E-state index contributed by atoms with van der Waals surface area (Å²) in [7, 11) is 0. The molecule has 76 heavy (non-hydrogen) atoms. The molecule has 2 atom stereocenters. The molecule has 0 rings (SSSR count). The predicted molar refractivity (Wildman–Crippen MR) is 333 cm³/mol. The molecule has 0 radical (unpaired) electrons. The van der Waals surface area contributed by atoms with E-state index < -0.39 is 12.1 Å². The van der Waals surface area contributed by atoms with Crippen LogP contribution in [0.3, 0.4) is 0 Å². The third-order valence-corrected chi connectivity index (χ3v) is 16.2. The molecule has 0 aliphatic heterocycles. The van der Waals surface area contributed by atoms with Crippen molar-refractivity contribution < 1.29 is 24.5 Å². The zero-order chi connectivity index (χ0) is 55.0. The SMILES string of the molecule is CCCCC/C=C\CCCCCCCC(=O)OCCCCCCCCCCCCCC/C=C\CCCCCCCCCCCCCCCCCCC(=O)NC(CO)C(O)CCCCCCCCCCCCCCCCC. The van der Waals surface area contributed by atoms with Gasteiger partial charge in [-0.15, -0.1) is 0 Å². The average Bonchev–Trinajstić information content (AvgIpc) is 3.42. The number of aliphatic hydroxyl groups is 2. The molecule has 0 fully saturated rings. The van der Waals surface area contributed by atoms with Crippen LogP contribution < -0.4 is 5.32 Å². The van der Waals surface area contributed by atoms with Crippen LogP contribution in [0.5, 0.6) is 0 Å². The lowest BCUT2D eigenvalue weighted by molar-refractivity contribution is -0.143. The van der Waals surface area contributed by atoms with E-state index in [-0.39, 0.29) is 18.5 Å². The largest absolute Gasteiger partial charge is 0.466 e. The summed E-state index contributed by atoms with van der Waals surface area (Å²) in [5.74, 6) is -0.0210. The lowest BCUT2D eigenvalue weighted by atomic mass is 10.0. The van der Waals surface area contributed by atoms with Crippen LogP contribution >= 0.6 is 0 Å². The summed E-state index contributed by atoms with van der Waals surface area (Å²) >= 11 is 0. The van der Waals surface area contributed by atoms with E-state index in [9.17, 15) is 19.8 Å². The summed E-state index contributed by atoms with van der Waals surface area (Å²) in [5, 5.41) is 23.3. The van der Waals surface area contributed by atoms with Crippen molar-refractivity contribution in [2.75, 3.05) is 13.2 Å². The minimum atomic E-state index is -0.662. The van der Waals surface area contributed by atoms with E-state index in [4.69, 9.17) is 4.74 Å². The van der Waals surface area contributed by atoms with Crippen LogP contribution in [0.25, 0.3) is 0 Å². The summed E-state index contributed by atoms with van der Waals surface area (Å²) < 4.78 is 5.47. The number of hydrogen-bond donors (Lipinski definition) is 3. The number of allylic oxidation sites excluding steroid dienone is 4. The summed E-state index contributed by atoms with van der Waals surface area (Å²) in [5.41, 5.74) is 0. The fraction of sp³-hybridized carbons (Fsp3) is 0.914. The van der Waals surface area contributed by atoms with Crippen LogP contribution in [0.4, 0.5) is 0 Å². The molecule has 0 aliphatic rings. The van der Waals surface area contributed by atoms with Gasteiger partial charge in [0.2, 0.25) is 5.91 Å². The molecule has 0 aliphatic carbocycles. The molecule has 6 heteroatoms. The van der Waals surface area contributed by atoms with Gasteiger partial charge in [-0.2, -0.15) is 0 Å². The van der Waals surface area contributed by atoms with Crippen molar-refractivity contribution in [3.63, 3.8) is 0 Å². The van der Waals surface area contributed by atoms with Gasteiger partial charge in [-0.1, -0.05) is 321 Å². The van der Waals surface area contributed by atoms with Crippen LogP contribution in [0.15, 0.2) is 24.3 Å². The molecular weight excluding hydrogens is 935 g/mol. The lowest BCUT2D eigenvalue weighted by Crippen LogP contribution is -2.45. The standard InChI is InChI=1S/C70H135NO5/c1-3-5-7-9-11-13-15-17-36-39-42-46-50-54-58-62-68(73)67(66-72)71-69(74)63-59-55-51-47-43-40-37-34-32-30-28-26-24-22-20-18-19-21-23-25-27-29-31-33-35-38-41-45-49-53-57-61-65-76-70(75)64-60-56-52-48-44-16-14-12-10-8-6-4-2/h12,14,21,23,67-68,72-73H,3-11,13,15-20,22,24-66H2,1-2H3,(H,71,74)/b14-12-,23-21-. The van der Waals surface area contributed by atoms with Gasteiger partial charge in [-0.05, 0) is 77.0 Å². The smallest absolute Gasteiger partial charge is 0.305 e. The van der Waals surface area contributed by atoms with Gasteiger partial charge in [0, 0.05) is 12.8 Å². The maximum atomic E-state index is 12.5. The number of rotatable bonds is 65. The molecule has 450 valence electrons. The summed E-state index contributed by atoms with van der Waals surface area (Å²) in [4.78, 5) is 24.5. The second-order valence-corrected chi connectivity index (χ2v) is 23.9. The quantitative estimate of drug-likeness (QED) is 0.0320. The summed E-state index contributed by atoms with van der Waals surface area (Å²) in [6.45, 7) is 4.96. The Bertz CT molecular complexity index is 1190. The van der Waals surface area contributed by atoms with Gasteiger partial charge in [-0.25, -0.2) is 0 Å². The highest BCUT2D eigenvalue weighted by Crippen LogP contribution is 2.19. The van der Waals surface area contributed by atoms with Gasteiger partial charge < -0.3 is 20.3 Å². The van der Waals surface area contributed by atoms with E-state index in [0.29, 0.717) is 25.9 Å². The second-order valence-electron chi connectivity index (χ2n) is 23.9. The normalized spacial score (nSPS) is 12.6. The van der Waals surface area contributed by atoms with E-state index in [1.54, 1.807) is 0 Å². The zero-order valence-corrected chi connectivity index (χ0v) is 51.5. The Morgan fingerprint density at radius 3 is 0.961 bits per heavy atom. The first-order valence-electron chi connectivity index (χ1n) is 34.6. The fourth-order valence-electron chi connectivity index (χ4n) is 10.9. The Morgan fingerprint density at radius 1 is 0.355 bits per heavy atom. The molecule has 0 aromatic heterocycles. The number of hydrogen-bond acceptors (Lipinski definition) is 5. The van der Waals surface area contributed by atoms with E-state index in [1.807, 2.05) is 0 Å². The van der Waals surface area contributed by atoms with Crippen molar-refractivity contribution in [3.05, 3.63) is 24.3 Å². The molecule has 0 saturated heterocycles. The number of nitrogens with one attached hydrogen (secondary N) is 1. The van der Waals surface area contributed by atoms with E-state index in [2.05, 4.69) is 43.5 Å². The molecule has 1 amide bonds. The molecule has 0 saturated carbocycles. The van der Waals surface area contributed by atoms with Gasteiger partial charge >= 0.3 is 5.97 Å². The van der Waals surface area contributed by atoms with Gasteiger partial charge in [0.25, 0.3) is 0 Å². The van der Waals surface area contributed by atoms with E-state index in [0.717, 1.165) is 44.9 Å². The first-order chi connectivity index (χ1) is 37.5. The number of carbonyl (C=O) groups is 2. The number of unbranched alkanes of at least 4 members (excludes halogenated alkanes) is 50. The van der Waals surface area contributed by atoms with Crippen LogP contribution in [-0.4, -0.2) is 47.4 Å². The molecule has 0 aromatic rings. The van der Waals surface area contributed by atoms with Crippen LogP contribution in [0.1, 0.15) is 386 Å². The molecular formula is C70H135NO5. The van der Waals surface area contributed by atoms with Crippen LogP contribution in [0, 0.1) is 0 Å². The maximum absolute atomic E-state index is 12.5. The number of amides is 1. The fourth-order valence-corrected chi connectivity index (χ4v) is 10.9. The van der Waals surface area contributed by atoms with Gasteiger partial charge in [0.15, 0.2) is 0 Å². The molecule has 0 bridgehead atoms. The van der Waals surface area contributed by atoms with Crippen molar-refractivity contribution in [2.24, 2.45) is 0 Å². The first-order valence-corrected chi connectivity index (χ1v) is 34.6. The van der Waals surface area contributed by atoms with Crippen molar-refractivity contribution in [2.45, 2.75) is 398 Å². The number of aliphatic hydroxyl groups excluding tert-OH is 2. The number of ether oxygens (including phenoxy) is 1. The highest BCUT2D eigenvalue weighted by molar-refractivity contribution is 5.76. The topological polar surface area (TPSA) is 95.9 Å². The highest BCUT2D eigenvalue weighted by atomic mass is 16.5. The first kappa shape index (κ1) is 74.3.